The van der Waals surface area contributed by atoms with Crippen LogP contribution in [0.2, 0.25) is 10.0 Å². The zero-order valence-electron chi connectivity index (χ0n) is 11.9. The molecule has 0 bridgehead atoms. The maximum Gasteiger partial charge on any atom is 0.156 e. The first-order valence-electron chi connectivity index (χ1n) is 6.77. The summed E-state index contributed by atoms with van der Waals surface area (Å²) in [5.41, 5.74) is 0.849. The van der Waals surface area contributed by atoms with Crippen LogP contribution in [0.25, 0.3) is 5.69 Å². The van der Waals surface area contributed by atoms with Gasteiger partial charge in [0, 0.05) is 0 Å². The van der Waals surface area contributed by atoms with Gasteiger partial charge in [-0.1, -0.05) is 29.3 Å². The fraction of sp³-hybridized carbons (Fsp3) is 0.133. The highest BCUT2D eigenvalue weighted by Gasteiger charge is 2.06. The van der Waals surface area contributed by atoms with E-state index in [1.165, 1.54) is 6.33 Å². The van der Waals surface area contributed by atoms with Crippen molar-refractivity contribution in [3.05, 3.63) is 58.8 Å². The number of rotatable bonds is 6. The molecule has 3 rings (SSSR count). The molecule has 0 radical (unpaired) electrons. The minimum Gasteiger partial charge on any atom is -0.490 e. The molecule has 0 amide bonds. The van der Waals surface area contributed by atoms with Crippen LogP contribution in [0.1, 0.15) is 0 Å². The maximum absolute atomic E-state index is 6.02. The van der Waals surface area contributed by atoms with Gasteiger partial charge in [0.15, 0.2) is 5.75 Å². The van der Waals surface area contributed by atoms with Crippen molar-refractivity contribution in [3.63, 3.8) is 0 Å². The Hall–Kier alpha value is -2.31. The SMILES string of the molecule is Clc1cccc(Cl)c1OCCOc1ccc(-n2cnnn2)cc1. The first-order chi connectivity index (χ1) is 11.2. The second-order valence-electron chi connectivity index (χ2n) is 4.50. The summed E-state index contributed by atoms with van der Waals surface area (Å²) in [4.78, 5) is 0. The molecule has 3 aromatic rings. The van der Waals surface area contributed by atoms with E-state index in [9.17, 15) is 0 Å². The molecule has 0 unspecified atom stereocenters. The molecule has 8 heteroatoms. The van der Waals surface area contributed by atoms with Crippen LogP contribution in [-0.2, 0) is 0 Å². The molecule has 0 saturated carbocycles. The van der Waals surface area contributed by atoms with Crippen LogP contribution in [0.4, 0.5) is 0 Å². The number of nitrogens with zero attached hydrogens (tertiary/aromatic N) is 4. The summed E-state index contributed by atoms with van der Waals surface area (Å²) in [6.45, 7) is 0.698. The second kappa shape index (κ2) is 7.30. The van der Waals surface area contributed by atoms with E-state index >= 15 is 0 Å². The number of para-hydroxylation sites is 1. The summed E-state index contributed by atoms with van der Waals surface area (Å²) in [6.07, 6.45) is 1.52. The van der Waals surface area contributed by atoms with Crippen LogP contribution in [0.3, 0.4) is 0 Å². The average Bonchev–Trinajstić information content (AvgIpc) is 3.09. The summed E-state index contributed by atoms with van der Waals surface area (Å²) in [5, 5.41) is 11.9. The van der Waals surface area contributed by atoms with E-state index < -0.39 is 0 Å². The van der Waals surface area contributed by atoms with Gasteiger partial charge in [-0.25, -0.2) is 4.68 Å². The van der Waals surface area contributed by atoms with Crippen molar-refractivity contribution < 1.29 is 9.47 Å². The molecule has 0 saturated heterocycles. The van der Waals surface area contributed by atoms with Gasteiger partial charge in [0.05, 0.1) is 15.7 Å². The molecule has 1 heterocycles. The van der Waals surface area contributed by atoms with E-state index in [2.05, 4.69) is 15.5 Å². The molecule has 0 atom stereocenters. The van der Waals surface area contributed by atoms with E-state index in [1.807, 2.05) is 24.3 Å². The molecular weight excluding hydrogens is 339 g/mol. The van der Waals surface area contributed by atoms with Gasteiger partial charge in [0.25, 0.3) is 0 Å². The Bertz CT molecular complexity index is 743. The number of hydrogen-bond acceptors (Lipinski definition) is 5. The van der Waals surface area contributed by atoms with Crippen molar-refractivity contribution in [2.75, 3.05) is 13.2 Å². The molecule has 23 heavy (non-hydrogen) atoms. The number of ether oxygens (including phenoxy) is 2. The highest BCUT2D eigenvalue weighted by atomic mass is 35.5. The van der Waals surface area contributed by atoms with Gasteiger partial charge >= 0.3 is 0 Å². The molecular formula is C15H12Cl2N4O2. The first-order valence-corrected chi connectivity index (χ1v) is 7.52. The monoisotopic (exact) mass is 350 g/mol. The summed E-state index contributed by atoms with van der Waals surface area (Å²) < 4.78 is 12.7. The fourth-order valence-corrected chi connectivity index (χ4v) is 2.40. The van der Waals surface area contributed by atoms with Gasteiger partial charge in [0.1, 0.15) is 25.3 Å². The molecule has 6 nitrogen and oxygen atoms in total. The second-order valence-corrected chi connectivity index (χ2v) is 5.31. The van der Waals surface area contributed by atoms with Gasteiger partial charge in [0.2, 0.25) is 0 Å². The van der Waals surface area contributed by atoms with Crippen LogP contribution in [0.15, 0.2) is 48.8 Å². The highest BCUT2D eigenvalue weighted by Crippen LogP contribution is 2.32. The predicted octanol–water partition coefficient (Wildman–Crippen LogP) is 3.43. The normalized spacial score (nSPS) is 10.5. The number of halogens is 2. The average molecular weight is 351 g/mol. The highest BCUT2D eigenvalue weighted by molar-refractivity contribution is 6.37. The Morgan fingerprint density at radius 1 is 0.913 bits per heavy atom. The molecule has 0 aliphatic heterocycles. The molecule has 0 aliphatic rings. The smallest absolute Gasteiger partial charge is 0.156 e. The summed E-state index contributed by atoms with van der Waals surface area (Å²) in [5.74, 6) is 1.18. The lowest BCUT2D eigenvalue weighted by Crippen LogP contribution is -2.09. The fourth-order valence-electron chi connectivity index (χ4n) is 1.90. The zero-order chi connectivity index (χ0) is 16.1. The van der Waals surface area contributed by atoms with Crippen LogP contribution in [0.5, 0.6) is 11.5 Å². The van der Waals surface area contributed by atoms with E-state index in [0.717, 1.165) is 11.4 Å². The van der Waals surface area contributed by atoms with Crippen molar-refractivity contribution in [1.29, 1.82) is 0 Å². The molecule has 2 aromatic carbocycles. The summed E-state index contributed by atoms with van der Waals surface area (Å²) in [7, 11) is 0. The molecule has 0 fully saturated rings. The summed E-state index contributed by atoms with van der Waals surface area (Å²) >= 11 is 12.0. The topological polar surface area (TPSA) is 62.1 Å². The van der Waals surface area contributed by atoms with Crippen LogP contribution in [0, 0.1) is 0 Å². The lowest BCUT2D eigenvalue weighted by Gasteiger charge is -2.11. The number of hydrogen-bond donors (Lipinski definition) is 0. The number of aromatic nitrogens is 4. The van der Waals surface area contributed by atoms with E-state index in [1.54, 1.807) is 22.9 Å². The van der Waals surface area contributed by atoms with Gasteiger partial charge in [-0.3, -0.25) is 0 Å². The van der Waals surface area contributed by atoms with E-state index in [4.69, 9.17) is 32.7 Å². The Labute approximate surface area is 142 Å². The third-order valence-electron chi connectivity index (χ3n) is 2.97. The van der Waals surface area contributed by atoms with Crippen LogP contribution >= 0.6 is 23.2 Å². The molecule has 0 spiro atoms. The number of tetrazole rings is 1. The van der Waals surface area contributed by atoms with E-state index in [0.29, 0.717) is 29.0 Å². The van der Waals surface area contributed by atoms with Crippen LogP contribution < -0.4 is 9.47 Å². The molecule has 118 valence electrons. The van der Waals surface area contributed by atoms with Crippen molar-refractivity contribution in [3.8, 4) is 17.2 Å². The van der Waals surface area contributed by atoms with Crippen molar-refractivity contribution >= 4 is 23.2 Å². The van der Waals surface area contributed by atoms with Crippen molar-refractivity contribution in [1.82, 2.24) is 20.2 Å². The summed E-state index contributed by atoms with van der Waals surface area (Å²) in [6, 6.07) is 12.6. The molecule has 1 aromatic heterocycles. The van der Waals surface area contributed by atoms with Gasteiger partial charge in [-0.05, 0) is 46.8 Å². The standard InChI is InChI=1S/C15H12Cl2N4O2/c16-13-2-1-3-14(17)15(13)23-9-8-22-12-6-4-11(5-7-12)21-10-18-19-20-21/h1-7,10H,8-9H2. The lowest BCUT2D eigenvalue weighted by molar-refractivity contribution is 0.217. The quantitative estimate of drug-likeness (QED) is 0.637. The molecule has 0 N–H and O–H groups in total. The Morgan fingerprint density at radius 3 is 2.26 bits per heavy atom. The van der Waals surface area contributed by atoms with Gasteiger partial charge in [-0.15, -0.1) is 5.10 Å². The first kappa shape index (κ1) is 15.6. The zero-order valence-corrected chi connectivity index (χ0v) is 13.4. The van der Waals surface area contributed by atoms with Gasteiger partial charge < -0.3 is 9.47 Å². The molecule has 0 aliphatic carbocycles. The Balaban J connectivity index is 1.51. The van der Waals surface area contributed by atoms with Crippen molar-refractivity contribution in [2.45, 2.75) is 0 Å². The third-order valence-corrected chi connectivity index (χ3v) is 3.56. The van der Waals surface area contributed by atoms with E-state index in [-0.39, 0.29) is 0 Å². The largest absolute Gasteiger partial charge is 0.490 e. The Kier molecular flexibility index (Phi) is 4.95. The van der Waals surface area contributed by atoms with Crippen molar-refractivity contribution in [2.24, 2.45) is 0 Å². The minimum atomic E-state index is 0.332. The minimum absolute atomic E-state index is 0.332. The van der Waals surface area contributed by atoms with Crippen LogP contribution in [-0.4, -0.2) is 33.4 Å². The van der Waals surface area contributed by atoms with Gasteiger partial charge in [-0.2, -0.15) is 0 Å². The lowest BCUT2D eigenvalue weighted by atomic mass is 10.3. The number of benzene rings is 2. The Morgan fingerprint density at radius 2 is 1.61 bits per heavy atom. The third kappa shape index (κ3) is 3.91. The predicted molar refractivity (Wildman–Crippen MR) is 86.6 cm³/mol. The maximum atomic E-state index is 6.02.